The first-order valence-electron chi connectivity index (χ1n) is 9.79. The van der Waals surface area contributed by atoms with Crippen LogP contribution in [0.1, 0.15) is 40.7 Å². The van der Waals surface area contributed by atoms with Crippen LogP contribution < -0.4 is 0 Å². The second-order valence-corrected chi connectivity index (χ2v) is 8.60. The average Bonchev–Trinajstić information content (AvgIpc) is 3.02. The van der Waals surface area contributed by atoms with E-state index in [4.69, 9.17) is 0 Å². The standard InChI is InChI=1S/C22H22F4N2O2S/c1-3-27(20(30)15-6-10-18(23)11-7-15)12-13-28-19(29)14(2)31-21(28)16-4-8-17(9-5-16)22(24,25)26/h4-11,14,21H,3,12-13H2,1-2H3. The molecule has 0 aliphatic carbocycles. The van der Waals surface area contributed by atoms with Gasteiger partial charge in [-0.05, 0) is 55.8 Å². The number of halogens is 4. The molecule has 2 aromatic rings. The van der Waals surface area contributed by atoms with Gasteiger partial charge in [-0.15, -0.1) is 11.8 Å². The Kier molecular flexibility index (Phi) is 6.93. The van der Waals surface area contributed by atoms with E-state index in [0.717, 1.165) is 12.1 Å². The summed E-state index contributed by atoms with van der Waals surface area (Å²) in [5.74, 6) is -0.839. The molecule has 4 nitrogen and oxygen atoms in total. The topological polar surface area (TPSA) is 40.6 Å². The molecule has 0 aromatic heterocycles. The third-order valence-electron chi connectivity index (χ3n) is 5.14. The van der Waals surface area contributed by atoms with Crippen LogP contribution >= 0.6 is 11.8 Å². The lowest BCUT2D eigenvalue weighted by Gasteiger charge is -2.28. The van der Waals surface area contributed by atoms with Crippen LogP contribution in [0.2, 0.25) is 0 Å². The molecular weight excluding hydrogens is 432 g/mol. The van der Waals surface area contributed by atoms with Crippen molar-refractivity contribution >= 4 is 23.6 Å². The molecule has 2 atom stereocenters. The molecule has 2 amide bonds. The first-order valence-corrected chi connectivity index (χ1v) is 10.7. The third kappa shape index (κ3) is 5.20. The van der Waals surface area contributed by atoms with E-state index in [1.165, 1.54) is 48.2 Å². The molecule has 1 aliphatic heterocycles. The number of alkyl halides is 3. The fraction of sp³-hybridized carbons (Fsp3) is 0.364. The van der Waals surface area contributed by atoms with E-state index in [0.29, 0.717) is 17.7 Å². The number of rotatable bonds is 6. The van der Waals surface area contributed by atoms with Crippen LogP contribution in [0.4, 0.5) is 17.6 Å². The largest absolute Gasteiger partial charge is 0.416 e. The second kappa shape index (κ2) is 9.30. The molecule has 0 bridgehead atoms. The lowest BCUT2D eigenvalue weighted by Crippen LogP contribution is -2.40. The molecule has 0 saturated carbocycles. The minimum Gasteiger partial charge on any atom is -0.337 e. The Labute approximate surface area is 182 Å². The Bertz CT molecular complexity index is 932. The van der Waals surface area contributed by atoms with Crippen LogP contribution in [0.5, 0.6) is 0 Å². The number of carbonyl (C=O) groups is 2. The van der Waals surface area contributed by atoms with Gasteiger partial charge >= 0.3 is 6.18 Å². The van der Waals surface area contributed by atoms with Crippen molar-refractivity contribution < 1.29 is 27.2 Å². The Hall–Kier alpha value is -2.55. The van der Waals surface area contributed by atoms with Gasteiger partial charge in [0, 0.05) is 25.2 Å². The van der Waals surface area contributed by atoms with Gasteiger partial charge in [0.05, 0.1) is 10.8 Å². The molecule has 1 heterocycles. The highest BCUT2D eigenvalue weighted by Crippen LogP contribution is 2.43. The lowest BCUT2D eigenvalue weighted by molar-refractivity contribution is -0.137. The van der Waals surface area contributed by atoms with Crippen LogP contribution in [-0.2, 0) is 11.0 Å². The van der Waals surface area contributed by atoms with E-state index in [1.807, 2.05) is 0 Å². The summed E-state index contributed by atoms with van der Waals surface area (Å²) < 4.78 is 51.7. The fourth-order valence-corrected chi connectivity index (χ4v) is 4.71. The smallest absolute Gasteiger partial charge is 0.337 e. The number of hydrogen-bond acceptors (Lipinski definition) is 3. The first kappa shape index (κ1) is 23.1. The van der Waals surface area contributed by atoms with Gasteiger partial charge in [-0.3, -0.25) is 9.59 Å². The van der Waals surface area contributed by atoms with Gasteiger partial charge in [-0.25, -0.2) is 4.39 Å². The van der Waals surface area contributed by atoms with Crippen molar-refractivity contribution in [2.45, 2.75) is 30.6 Å². The average molecular weight is 454 g/mol. The summed E-state index contributed by atoms with van der Waals surface area (Å²) in [7, 11) is 0. The summed E-state index contributed by atoms with van der Waals surface area (Å²) in [6, 6.07) is 10.0. The molecule has 3 rings (SSSR count). The molecule has 0 radical (unpaired) electrons. The van der Waals surface area contributed by atoms with Gasteiger partial charge in [0.15, 0.2) is 0 Å². The van der Waals surface area contributed by atoms with Crippen LogP contribution in [0.25, 0.3) is 0 Å². The summed E-state index contributed by atoms with van der Waals surface area (Å²) in [5.41, 5.74) is 0.203. The van der Waals surface area contributed by atoms with Gasteiger partial charge in [0.2, 0.25) is 5.91 Å². The maximum atomic E-state index is 13.1. The van der Waals surface area contributed by atoms with Crippen LogP contribution in [0.15, 0.2) is 48.5 Å². The highest BCUT2D eigenvalue weighted by Gasteiger charge is 2.39. The van der Waals surface area contributed by atoms with E-state index >= 15 is 0 Å². The zero-order chi connectivity index (χ0) is 22.8. The quantitative estimate of drug-likeness (QED) is 0.579. The number of amides is 2. The number of likely N-dealkylation sites (N-methyl/N-ethyl adjacent to an activating group) is 1. The van der Waals surface area contributed by atoms with E-state index in [1.54, 1.807) is 23.6 Å². The predicted molar refractivity (Wildman–Crippen MR) is 111 cm³/mol. The van der Waals surface area contributed by atoms with Gasteiger partial charge in [-0.1, -0.05) is 12.1 Å². The fourth-order valence-electron chi connectivity index (χ4n) is 3.40. The number of carbonyl (C=O) groups excluding carboxylic acids is 2. The molecule has 31 heavy (non-hydrogen) atoms. The first-order chi connectivity index (χ1) is 14.6. The van der Waals surface area contributed by atoms with E-state index < -0.39 is 22.9 Å². The SMILES string of the molecule is CCN(CCN1C(=O)C(C)SC1c1ccc(C(F)(F)F)cc1)C(=O)c1ccc(F)cc1. The van der Waals surface area contributed by atoms with Gasteiger partial charge in [-0.2, -0.15) is 13.2 Å². The summed E-state index contributed by atoms with van der Waals surface area (Å²) >= 11 is 1.36. The monoisotopic (exact) mass is 454 g/mol. The number of hydrogen-bond donors (Lipinski definition) is 0. The predicted octanol–water partition coefficient (Wildman–Crippen LogP) is 4.97. The van der Waals surface area contributed by atoms with Gasteiger partial charge in [0.1, 0.15) is 11.2 Å². The minimum atomic E-state index is -4.42. The van der Waals surface area contributed by atoms with E-state index in [2.05, 4.69) is 0 Å². The van der Waals surface area contributed by atoms with Crippen molar-refractivity contribution in [1.82, 2.24) is 9.80 Å². The van der Waals surface area contributed by atoms with E-state index in [9.17, 15) is 27.2 Å². The molecule has 166 valence electrons. The van der Waals surface area contributed by atoms with Gasteiger partial charge < -0.3 is 9.80 Å². The van der Waals surface area contributed by atoms with Crippen LogP contribution in [-0.4, -0.2) is 46.5 Å². The number of benzene rings is 2. The molecule has 9 heteroatoms. The number of nitrogens with zero attached hydrogens (tertiary/aromatic N) is 2. The van der Waals surface area contributed by atoms with Crippen molar-refractivity contribution in [3.05, 3.63) is 71.0 Å². The van der Waals surface area contributed by atoms with E-state index in [-0.39, 0.29) is 30.2 Å². The Morgan fingerprint density at radius 3 is 2.26 bits per heavy atom. The molecule has 0 N–H and O–H groups in total. The highest BCUT2D eigenvalue weighted by atomic mass is 32.2. The second-order valence-electron chi connectivity index (χ2n) is 7.17. The normalized spacial score (nSPS) is 19.0. The summed E-state index contributed by atoms with van der Waals surface area (Å²) in [6.45, 7) is 4.45. The summed E-state index contributed by atoms with van der Waals surface area (Å²) in [4.78, 5) is 28.5. The molecule has 2 aromatic carbocycles. The van der Waals surface area contributed by atoms with Gasteiger partial charge in [0.25, 0.3) is 5.91 Å². The molecule has 1 fully saturated rings. The Balaban J connectivity index is 1.73. The maximum absolute atomic E-state index is 13.1. The molecule has 0 spiro atoms. The maximum Gasteiger partial charge on any atom is 0.416 e. The molecule has 1 saturated heterocycles. The molecule has 2 unspecified atom stereocenters. The van der Waals surface area contributed by atoms with Crippen molar-refractivity contribution in [1.29, 1.82) is 0 Å². The molecular formula is C22H22F4N2O2S. The lowest BCUT2D eigenvalue weighted by atomic mass is 10.1. The van der Waals surface area contributed by atoms with Crippen molar-refractivity contribution in [2.75, 3.05) is 19.6 Å². The highest BCUT2D eigenvalue weighted by molar-refractivity contribution is 8.01. The van der Waals surface area contributed by atoms with Crippen molar-refractivity contribution in [3.8, 4) is 0 Å². The third-order valence-corrected chi connectivity index (χ3v) is 6.54. The zero-order valence-corrected chi connectivity index (χ0v) is 17.8. The zero-order valence-electron chi connectivity index (χ0n) is 17.0. The summed E-state index contributed by atoms with van der Waals surface area (Å²) in [6.07, 6.45) is -4.42. The van der Waals surface area contributed by atoms with Crippen molar-refractivity contribution in [3.63, 3.8) is 0 Å². The Morgan fingerprint density at radius 1 is 1.10 bits per heavy atom. The number of thioether (sulfide) groups is 1. The summed E-state index contributed by atoms with van der Waals surface area (Å²) in [5, 5.41) is -0.764. The minimum absolute atomic E-state index is 0.125. The van der Waals surface area contributed by atoms with Crippen LogP contribution in [0.3, 0.4) is 0 Å². The van der Waals surface area contributed by atoms with Crippen LogP contribution in [0, 0.1) is 5.82 Å². The Morgan fingerprint density at radius 2 is 1.71 bits per heavy atom. The molecule has 1 aliphatic rings. The van der Waals surface area contributed by atoms with Crippen molar-refractivity contribution in [2.24, 2.45) is 0 Å².